The number of hydrogen-bond donors (Lipinski definition) is 2. The highest BCUT2D eigenvalue weighted by Crippen LogP contribution is 2.17. The van der Waals surface area contributed by atoms with Gasteiger partial charge < -0.3 is 5.73 Å². The van der Waals surface area contributed by atoms with E-state index in [0.29, 0.717) is 5.69 Å². The summed E-state index contributed by atoms with van der Waals surface area (Å²) in [6, 6.07) is 12.5. The van der Waals surface area contributed by atoms with E-state index >= 15 is 0 Å². The van der Waals surface area contributed by atoms with Crippen molar-refractivity contribution < 1.29 is 8.42 Å². The Hall–Kier alpha value is -1.85. The van der Waals surface area contributed by atoms with Crippen LogP contribution in [0.25, 0.3) is 0 Å². The first kappa shape index (κ1) is 14.6. The van der Waals surface area contributed by atoms with Crippen LogP contribution in [0.15, 0.2) is 47.4 Å². The molecule has 0 fully saturated rings. The molecule has 106 valence electrons. The SMILES string of the molecule is Cc1cc(N)cc(S(=O)(=O)NCc2ccccc2C)c1. The highest BCUT2D eigenvalue weighted by molar-refractivity contribution is 7.89. The molecule has 0 radical (unpaired) electrons. The summed E-state index contributed by atoms with van der Waals surface area (Å²) in [5.74, 6) is 0. The Balaban J connectivity index is 2.22. The molecular formula is C15H18N2O2S. The molecular weight excluding hydrogens is 272 g/mol. The first-order chi connectivity index (χ1) is 9.38. The molecule has 0 aliphatic rings. The van der Waals surface area contributed by atoms with Gasteiger partial charge in [0.1, 0.15) is 0 Å². The number of benzene rings is 2. The molecule has 20 heavy (non-hydrogen) atoms. The van der Waals surface area contributed by atoms with Crippen LogP contribution in [0.4, 0.5) is 5.69 Å². The van der Waals surface area contributed by atoms with E-state index in [1.165, 1.54) is 6.07 Å². The lowest BCUT2D eigenvalue weighted by Crippen LogP contribution is -2.23. The second-order valence-electron chi connectivity index (χ2n) is 4.83. The molecule has 0 unspecified atom stereocenters. The van der Waals surface area contributed by atoms with Crippen molar-refractivity contribution in [1.29, 1.82) is 0 Å². The monoisotopic (exact) mass is 290 g/mol. The minimum absolute atomic E-state index is 0.198. The molecule has 3 N–H and O–H groups in total. The third-order valence-electron chi connectivity index (χ3n) is 3.10. The Morgan fingerprint density at radius 2 is 1.80 bits per heavy atom. The minimum Gasteiger partial charge on any atom is -0.399 e. The van der Waals surface area contributed by atoms with Crippen molar-refractivity contribution in [3.05, 3.63) is 59.2 Å². The van der Waals surface area contributed by atoms with E-state index < -0.39 is 10.0 Å². The van der Waals surface area contributed by atoms with Crippen molar-refractivity contribution in [2.24, 2.45) is 0 Å². The van der Waals surface area contributed by atoms with Crippen LogP contribution in [0.5, 0.6) is 0 Å². The zero-order chi connectivity index (χ0) is 14.8. The summed E-state index contributed by atoms with van der Waals surface area (Å²) in [5.41, 5.74) is 8.97. The summed E-state index contributed by atoms with van der Waals surface area (Å²) in [6.07, 6.45) is 0. The predicted octanol–water partition coefficient (Wildman–Crippen LogP) is 2.36. The molecule has 0 atom stereocenters. The first-order valence-corrected chi connectivity index (χ1v) is 7.78. The van der Waals surface area contributed by atoms with E-state index in [9.17, 15) is 8.42 Å². The number of hydrogen-bond acceptors (Lipinski definition) is 3. The van der Waals surface area contributed by atoms with Gasteiger partial charge in [-0.2, -0.15) is 0 Å². The lowest BCUT2D eigenvalue weighted by atomic mass is 10.1. The maximum absolute atomic E-state index is 12.3. The molecule has 0 aromatic heterocycles. The number of nitrogens with one attached hydrogen (secondary N) is 1. The average molecular weight is 290 g/mol. The maximum Gasteiger partial charge on any atom is 0.240 e. The fourth-order valence-corrected chi connectivity index (χ4v) is 3.14. The summed E-state index contributed by atoms with van der Waals surface area (Å²) < 4.78 is 27.1. The molecule has 0 aliphatic carbocycles. The minimum atomic E-state index is -3.55. The van der Waals surface area contributed by atoms with Gasteiger partial charge in [-0.15, -0.1) is 0 Å². The second-order valence-corrected chi connectivity index (χ2v) is 6.60. The lowest BCUT2D eigenvalue weighted by molar-refractivity contribution is 0.581. The summed E-state index contributed by atoms with van der Waals surface area (Å²) in [4.78, 5) is 0.198. The Morgan fingerprint density at radius 3 is 2.45 bits per heavy atom. The standard InChI is InChI=1S/C15H18N2O2S/c1-11-7-14(16)9-15(8-11)20(18,19)17-10-13-6-4-3-5-12(13)2/h3-9,17H,10,16H2,1-2H3. The van der Waals surface area contributed by atoms with Crippen LogP contribution in [-0.4, -0.2) is 8.42 Å². The Bertz CT molecular complexity index is 704. The van der Waals surface area contributed by atoms with Gasteiger partial charge in [0.05, 0.1) is 4.90 Å². The van der Waals surface area contributed by atoms with Crippen LogP contribution in [-0.2, 0) is 16.6 Å². The van der Waals surface area contributed by atoms with Crippen molar-refractivity contribution in [2.45, 2.75) is 25.3 Å². The normalized spacial score (nSPS) is 11.5. The summed E-state index contributed by atoms with van der Waals surface area (Å²) in [5, 5.41) is 0. The van der Waals surface area contributed by atoms with Crippen LogP contribution >= 0.6 is 0 Å². The van der Waals surface area contributed by atoms with Crippen molar-refractivity contribution in [1.82, 2.24) is 4.72 Å². The summed E-state index contributed by atoms with van der Waals surface area (Å²) in [7, 11) is -3.55. The molecule has 0 heterocycles. The molecule has 0 aliphatic heterocycles. The van der Waals surface area contributed by atoms with E-state index in [-0.39, 0.29) is 11.4 Å². The highest BCUT2D eigenvalue weighted by Gasteiger charge is 2.15. The Labute approximate surface area is 119 Å². The predicted molar refractivity (Wildman–Crippen MR) is 80.8 cm³/mol. The van der Waals surface area contributed by atoms with E-state index in [1.54, 1.807) is 12.1 Å². The van der Waals surface area contributed by atoms with E-state index in [1.807, 2.05) is 38.1 Å². The molecule has 2 rings (SSSR count). The molecule has 5 heteroatoms. The summed E-state index contributed by atoms with van der Waals surface area (Å²) >= 11 is 0. The Kier molecular flexibility index (Phi) is 4.11. The van der Waals surface area contributed by atoms with Crippen LogP contribution < -0.4 is 10.5 Å². The molecule has 0 spiro atoms. The van der Waals surface area contributed by atoms with Crippen molar-refractivity contribution in [3.8, 4) is 0 Å². The average Bonchev–Trinajstić information content (AvgIpc) is 2.37. The van der Waals surface area contributed by atoms with Gasteiger partial charge in [-0.3, -0.25) is 0 Å². The lowest BCUT2D eigenvalue weighted by Gasteiger charge is -2.10. The van der Waals surface area contributed by atoms with Gasteiger partial charge in [0.25, 0.3) is 0 Å². The molecule has 0 bridgehead atoms. The van der Waals surface area contributed by atoms with E-state index in [2.05, 4.69) is 4.72 Å². The van der Waals surface area contributed by atoms with Gasteiger partial charge in [-0.1, -0.05) is 24.3 Å². The number of rotatable bonds is 4. The molecule has 4 nitrogen and oxygen atoms in total. The Morgan fingerprint density at radius 1 is 1.10 bits per heavy atom. The van der Waals surface area contributed by atoms with E-state index in [4.69, 9.17) is 5.73 Å². The first-order valence-electron chi connectivity index (χ1n) is 6.30. The number of anilines is 1. The van der Waals surface area contributed by atoms with Crippen LogP contribution in [0.3, 0.4) is 0 Å². The third kappa shape index (κ3) is 3.37. The van der Waals surface area contributed by atoms with Crippen LogP contribution in [0.1, 0.15) is 16.7 Å². The second kappa shape index (κ2) is 5.64. The van der Waals surface area contributed by atoms with Gasteiger partial charge in [-0.25, -0.2) is 13.1 Å². The topological polar surface area (TPSA) is 72.2 Å². The van der Waals surface area contributed by atoms with Gasteiger partial charge >= 0.3 is 0 Å². The van der Waals surface area contributed by atoms with Crippen molar-refractivity contribution >= 4 is 15.7 Å². The third-order valence-corrected chi connectivity index (χ3v) is 4.48. The van der Waals surface area contributed by atoms with Gasteiger partial charge in [0, 0.05) is 12.2 Å². The number of aryl methyl sites for hydroxylation is 2. The molecule has 2 aromatic rings. The molecule has 0 saturated heterocycles. The van der Waals surface area contributed by atoms with Gasteiger partial charge in [0.2, 0.25) is 10.0 Å². The van der Waals surface area contributed by atoms with Gasteiger partial charge in [0.15, 0.2) is 0 Å². The molecule has 2 aromatic carbocycles. The quantitative estimate of drug-likeness (QED) is 0.849. The fourth-order valence-electron chi connectivity index (χ4n) is 2.00. The zero-order valence-corrected chi connectivity index (χ0v) is 12.4. The fraction of sp³-hybridized carbons (Fsp3) is 0.200. The van der Waals surface area contributed by atoms with Crippen molar-refractivity contribution in [2.75, 3.05) is 5.73 Å². The van der Waals surface area contributed by atoms with Gasteiger partial charge in [-0.05, 0) is 48.7 Å². The molecule has 0 amide bonds. The van der Waals surface area contributed by atoms with Crippen LogP contribution in [0, 0.1) is 13.8 Å². The van der Waals surface area contributed by atoms with E-state index in [0.717, 1.165) is 16.7 Å². The van der Waals surface area contributed by atoms with Crippen LogP contribution in [0.2, 0.25) is 0 Å². The molecule has 0 saturated carbocycles. The number of nitrogens with two attached hydrogens (primary N) is 1. The highest BCUT2D eigenvalue weighted by atomic mass is 32.2. The number of nitrogen functional groups attached to an aromatic ring is 1. The smallest absolute Gasteiger partial charge is 0.240 e. The summed E-state index contributed by atoms with van der Waals surface area (Å²) in [6.45, 7) is 4.04. The maximum atomic E-state index is 12.3. The number of sulfonamides is 1. The largest absolute Gasteiger partial charge is 0.399 e. The zero-order valence-electron chi connectivity index (χ0n) is 11.6. The van der Waals surface area contributed by atoms with Crippen molar-refractivity contribution in [3.63, 3.8) is 0 Å².